The number of aliphatic hydroxyl groups is 1. The first-order valence-electron chi connectivity index (χ1n) is 10.6. The molecular weight excluding hydrogens is 380 g/mol. The van der Waals surface area contributed by atoms with Gasteiger partial charge in [-0.2, -0.15) is 0 Å². The zero-order valence-electron chi connectivity index (χ0n) is 17.4. The minimum atomic E-state index is -0.839. The number of ether oxygens (including phenoxy) is 1. The van der Waals surface area contributed by atoms with Crippen LogP contribution >= 0.6 is 0 Å². The molecule has 1 saturated heterocycles. The van der Waals surface area contributed by atoms with E-state index >= 15 is 0 Å². The number of esters is 1. The quantitative estimate of drug-likeness (QED) is 0.654. The van der Waals surface area contributed by atoms with Gasteiger partial charge in [0.25, 0.3) is 5.91 Å². The number of hydrogen-bond acceptors (Lipinski definition) is 5. The fourth-order valence-electron chi connectivity index (χ4n) is 3.84. The van der Waals surface area contributed by atoms with Crippen LogP contribution in [0.4, 0.5) is 5.69 Å². The van der Waals surface area contributed by atoms with Gasteiger partial charge >= 0.3 is 5.97 Å². The topological polar surface area (TPSA) is 78.9 Å². The van der Waals surface area contributed by atoms with Gasteiger partial charge in [-0.25, -0.2) is 4.79 Å². The standard InChI is InChI=1S/C24H30N2O4/c1-18(30-24(29)21-9-5-6-10-22(21)25-13-16-27)23(28)26-14-11-20(12-15-26)17-19-7-3-2-4-8-19/h2-10,18,20,25,27H,11-17H2,1H3/t18-/m0/s1. The highest BCUT2D eigenvalue weighted by atomic mass is 16.5. The van der Waals surface area contributed by atoms with Gasteiger partial charge in [0.2, 0.25) is 0 Å². The molecule has 1 fully saturated rings. The van der Waals surface area contributed by atoms with Crippen LogP contribution in [-0.4, -0.2) is 54.2 Å². The molecular formula is C24H30N2O4. The molecule has 2 N–H and O–H groups in total. The number of rotatable bonds is 8. The third kappa shape index (κ3) is 5.83. The highest BCUT2D eigenvalue weighted by Crippen LogP contribution is 2.23. The number of para-hydroxylation sites is 1. The van der Waals surface area contributed by atoms with E-state index in [1.54, 1.807) is 36.1 Å². The van der Waals surface area contributed by atoms with Crippen molar-refractivity contribution >= 4 is 17.6 Å². The zero-order valence-corrected chi connectivity index (χ0v) is 17.4. The van der Waals surface area contributed by atoms with Gasteiger partial charge in [0.15, 0.2) is 6.10 Å². The molecule has 3 rings (SSSR count). The number of anilines is 1. The first-order chi connectivity index (χ1) is 14.6. The molecule has 0 unspecified atom stereocenters. The van der Waals surface area contributed by atoms with Crippen molar-refractivity contribution in [3.63, 3.8) is 0 Å². The maximum atomic E-state index is 12.8. The van der Waals surface area contributed by atoms with Gasteiger partial charge in [-0.05, 0) is 49.8 Å². The molecule has 160 valence electrons. The summed E-state index contributed by atoms with van der Waals surface area (Å²) in [6.45, 7) is 3.29. The van der Waals surface area contributed by atoms with Gasteiger partial charge in [0.1, 0.15) is 0 Å². The summed E-state index contributed by atoms with van der Waals surface area (Å²) in [5, 5.41) is 12.0. The summed E-state index contributed by atoms with van der Waals surface area (Å²) >= 11 is 0. The molecule has 1 aliphatic rings. The molecule has 0 aliphatic carbocycles. The monoisotopic (exact) mass is 410 g/mol. The van der Waals surface area contributed by atoms with Crippen molar-refractivity contribution in [1.29, 1.82) is 0 Å². The van der Waals surface area contributed by atoms with Crippen molar-refractivity contribution in [2.24, 2.45) is 5.92 Å². The summed E-state index contributed by atoms with van der Waals surface area (Å²) in [6, 6.07) is 17.4. The molecule has 0 aromatic heterocycles. The predicted molar refractivity (Wildman–Crippen MR) is 116 cm³/mol. The average Bonchev–Trinajstić information content (AvgIpc) is 2.78. The summed E-state index contributed by atoms with van der Waals surface area (Å²) in [5.41, 5.74) is 2.27. The van der Waals surface area contributed by atoms with Crippen LogP contribution in [0.3, 0.4) is 0 Å². The molecule has 2 aromatic carbocycles. The van der Waals surface area contributed by atoms with Crippen LogP contribution < -0.4 is 5.32 Å². The molecule has 1 atom stereocenters. The van der Waals surface area contributed by atoms with E-state index < -0.39 is 12.1 Å². The first kappa shape index (κ1) is 21.8. The molecule has 2 aromatic rings. The van der Waals surface area contributed by atoms with E-state index in [4.69, 9.17) is 9.84 Å². The molecule has 0 spiro atoms. The molecule has 6 heteroatoms. The van der Waals surface area contributed by atoms with E-state index in [-0.39, 0.29) is 12.5 Å². The molecule has 30 heavy (non-hydrogen) atoms. The normalized spacial score (nSPS) is 15.5. The van der Waals surface area contributed by atoms with Crippen molar-refractivity contribution in [3.05, 3.63) is 65.7 Å². The Morgan fingerprint density at radius 3 is 2.47 bits per heavy atom. The third-order valence-electron chi connectivity index (χ3n) is 5.50. The van der Waals surface area contributed by atoms with Crippen molar-refractivity contribution < 1.29 is 19.4 Å². The average molecular weight is 411 g/mol. The van der Waals surface area contributed by atoms with Crippen molar-refractivity contribution in [2.75, 3.05) is 31.6 Å². The van der Waals surface area contributed by atoms with Gasteiger partial charge in [0.05, 0.1) is 12.2 Å². The van der Waals surface area contributed by atoms with Crippen LogP contribution in [0.5, 0.6) is 0 Å². The fraction of sp³-hybridized carbons (Fsp3) is 0.417. The summed E-state index contributed by atoms with van der Waals surface area (Å²) in [7, 11) is 0. The molecule has 1 amide bonds. The Kier molecular flexibility index (Phi) is 7.85. The molecule has 6 nitrogen and oxygen atoms in total. The van der Waals surface area contributed by atoms with E-state index in [2.05, 4.69) is 29.6 Å². The lowest BCUT2D eigenvalue weighted by molar-refractivity contribution is -0.141. The lowest BCUT2D eigenvalue weighted by Crippen LogP contribution is -2.44. The van der Waals surface area contributed by atoms with E-state index in [1.165, 1.54) is 5.56 Å². The summed E-state index contributed by atoms with van der Waals surface area (Å²) in [6.07, 6.45) is 2.10. The Morgan fingerprint density at radius 2 is 1.77 bits per heavy atom. The number of likely N-dealkylation sites (tertiary alicyclic amines) is 1. The molecule has 0 bridgehead atoms. The van der Waals surface area contributed by atoms with Crippen LogP contribution in [0.2, 0.25) is 0 Å². The van der Waals surface area contributed by atoms with Crippen molar-refractivity contribution in [1.82, 2.24) is 4.90 Å². The number of hydrogen-bond donors (Lipinski definition) is 2. The number of amides is 1. The highest BCUT2D eigenvalue weighted by molar-refractivity contribution is 5.97. The van der Waals surface area contributed by atoms with Crippen LogP contribution in [-0.2, 0) is 16.0 Å². The van der Waals surface area contributed by atoms with Crippen LogP contribution in [0.15, 0.2) is 54.6 Å². The second-order valence-electron chi connectivity index (χ2n) is 7.70. The lowest BCUT2D eigenvalue weighted by Gasteiger charge is -2.33. The second kappa shape index (κ2) is 10.8. The lowest BCUT2D eigenvalue weighted by atomic mass is 9.90. The fourth-order valence-corrected chi connectivity index (χ4v) is 3.84. The van der Waals surface area contributed by atoms with Crippen LogP contribution in [0.25, 0.3) is 0 Å². The minimum Gasteiger partial charge on any atom is -0.449 e. The van der Waals surface area contributed by atoms with Gasteiger partial charge in [-0.1, -0.05) is 42.5 Å². The van der Waals surface area contributed by atoms with Crippen LogP contribution in [0.1, 0.15) is 35.7 Å². The molecule has 0 saturated carbocycles. The minimum absolute atomic E-state index is 0.0432. The third-order valence-corrected chi connectivity index (χ3v) is 5.50. The Balaban J connectivity index is 1.51. The Bertz CT molecular complexity index is 832. The van der Waals surface area contributed by atoms with Gasteiger partial charge in [-0.3, -0.25) is 4.79 Å². The van der Waals surface area contributed by atoms with Crippen molar-refractivity contribution in [3.8, 4) is 0 Å². The second-order valence-corrected chi connectivity index (χ2v) is 7.70. The van der Waals surface area contributed by atoms with Gasteiger partial charge < -0.3 is 20.1 Å². The Hall–Kier alpha value is -2.86. The summed E-state index contributed by atoms with van der Waals surface area (Å²) < 4.78 is 5.46. The van der Waals surface area contributed by atoms with E-state index in [0.29, 0.717) is 36.8 Å². The molecule has 0 radical (unpaired) electrons. The summed E-state index contributed by atoms with van der Waals surface area (Å²) in [5.74, 6) is -0.128. The van der Waals surface area contributed by atoms with Gasteiger partial charge in [-0.15, -0.1) is 0 Å². The van der Waals surface area contributed by atoms with E-state index in [1.807, 2.05) is 6.07 Å². The highest BCUT2D eigenvalue weighted by Gasteiger charge is 2.28. The first-order valence-corrected chi connectivity index (χ1v) is 10.6. The van der Waals surface area contributed by atoms with Gasteiger partial charge in [0, 0.05) is 25.3 Å². The van der Waals surface area contributed by atoms with E-state index in [9.17, 15) is 9.59 Å². The number of aliphatic hydroxyl groups excluding tert-OH is 1. The Morgan fingerprint density at radius 1 is 1.10 bits per heavy atom. The predicted octanol–water partition coefficient (Wildman–Crippen LogP) is 3.12. The number of carbonyl (C=O) groups is 2. The number of benzene rings is 2. The zero-order chi connectivity index (χ0) is 21.3. The maximum Gasteiger partial charge on any atom is 0.341 e. The number of nitrogens with zero attached hydrogens (tertiary/aromatic N) is 1. The number of carbonyl (C=O) groups excluding carboxylic acids is 2. The smallest absolute Gasteiger partial charge is 0.341 e. The van der Waals surface area contributed by atoms with Crippen LogP contribution in [0, 0.1) is 5.92 Å². The molecule has 1 aliphatic heterocycles. The summed E-state index contributed by atoms with van der Waals surface area (Å²) in [4.78, 5) is 27.2. The van der Waals surface area contributed by atoms with Crippen molar-refractivity contribution in [2.45, 2.75) is 32.3 Å². The number of piperidine rings is 1. The largest absolute Gasteiger partial charge is 0.449 e. The SMILES string of the molecule is C[C@H](OC(=O)c1ccccc1NCCO)C(=O)N1CCC(Cc2ccccc2)CC1. The Labute approximate surface area is 177 Å². The maximum absolute atomic E-state index is 12.8. The number of nitrogens with one attached hydrogen (secondary N) is 1. The molecule has 1 heterocycles. The van der Waals surface area contributed by atoms with E-state index in [0.717, 1.165) is 19.3 Å².